The molecule has 0 fully saturated rings. The van der Waals surface area contributed by atoms with Crippen molar-refractivity contribution in [2.45, 2.75) is 315 Å². The highest BCUT2D eigenvalue weighted by Crippen LogP contribution is 2.38. The fourth-order valence-corrected chi connectivity index (χ4v) is 10.7. The lowest BCUT2D eigenvalue weighted by Gasteiger charge is -2.28. The number of nitrogens with zero attached hydrogens (tertiary/aromatic N) is 1. The largest absolute Gasteiger partial charge is 0.756 e. The number of rotatable bonds is 66. The summed E-state index contributed by atoms with van der Waals surface area (Å²) in [6.45, 7) is 4.15. The van der Waals surface area contributed by atoms with Gasteiger partial charge in [-0.2, -0.15) is 0 Å². The summed E-state index contributed by atoms with van der Waals surface area (Å²) in [5.41, 5.74) is 0. The van der Waals surface area contributed by atoms with Gasteiger partial charge in [0.25, 0.3) is 7.82 Å². The molecule has 0 saturated carbocycles. The molecule has 0 spiro atoms. The molecule has 0 aromatic rings. The number of carbonyl (C=O) groups is 2. The number of unbranched alkanes of at least 4 members (excludes halogenated alkanes) is 32. The first-order chi connectivity index (χ1) is 43.0. The Morgan fingerprint density at radius 3 is 0.977 bits per heavy atom. The highest BCUT2D eigenvalue weighted by molar-refractivity contribution is 7.45. The molecule has 2 atom stereocenters. The number of likely N-dealkylation sites (N-methyl/N-ethyl adjacent to an activating group) is 1. The Morgan fingerprint density at radius 2 is 0.648 bits per heavy atom. The topological polar surface area (TPSA) is 111 Å². The lowest BCUT2D eigenvalue weighted by molar-refractivity contribution is -0.870. The second kappa shape index (κ2) is 67.8. The minimum Gasteiger partial charge on any atom is -0.756 e. The summed E-state index contributed by atoms with van der Waals surface area (Å²) in [7, 11) is 1.16. The zero-order valence-electron chi connectivity index (χ0n) is 57.6. The van der Waals surface area contributed by atoms with Gasteiger partial charge in [0.1, 0.15) is 19.8 Å². The monoisotopic (exact) mass is 1250 g/mol. The van der Waals surface area contributed by atoms with Crippen LogP contribution in [0.3, 0.4) is 0 Å². The smallest absolute Gasteiger partial charge is 0.306 e. The predicted octanol–water partition coefficient (Wildman–Crippen LogP) is 23.2. The molecule has 506 valence electrons. The van der Waals surface area contributed by atoms with Crippen molar-refractivity contribution in [2.24, 2.45) is 0 Å². The average molecular weight is 1250 g/mol. The molecular weight excluding hydrogens is 1110 g/mol. The van der Waals surface area contributed by atoms with Crippen LogP contribution >= 0.6 is 7.82 Å². The van der Waals surface area contributed by atoms with Gasteiger partial charge in [0.05, 0.1) is 27.7 Å². The molecule has 0 amide bonds. The highest BCUT2D eigenvalue weighted by atomic mass is 31.2. The van der Waals surface area contributed by atoms with E-state index >= 15 is 0 Å². The SMILES string of the molecule is CC/C=C\C/C=C\C/C=C\C/C=C\C/C=C\C/C=C\C/C=C\C/C=C\C/C=C\CCCCCCCCCCCCCCCC(=O)OC(COC(=O)CCCCCCCCCCCCC/C=C\CCCCCCCCCC)COP(=O)([O-])OCC[N+](C)(C)C. The van der Waals surface area contributed by atoms with Crippen molar-refractivity contribution in [2.75, 3.05) is 47.5 Å². The van der Waals surface area contributed by atoms with E-state index in [9.17, 15) is 19.0 Å². The summed E-state index contributed by atoms with van der Waals surface area (Å²) in [6.07, 6.45) is 97.1. The Hall–Kier alpha value is -3.59. The van der Waals surface area contributed by atoms with E-state index in [-0.39, 0.29) is 32.0 Å². The third-order valence-corrected chi connectivity index (χ3v) is 16.4. The van der Waals surface area contributed by atoms with Gasteiger partial charge in [-0.25, -0.2) is 0 Å². The van der Waals surface area contributed by atoms with Crippen LogP contribution in [0.1, 0.15) is 309 Å². The Morgan fingerprint density at radius 1 is 0.364 bits per heavy atom. The Bertz CT molecular complexity index is 1900. The maximum atomic E-state index is 12.9. The molecule has 0 aliphatic carbocycles. The first-order valence-electron chi connectivity index (χ1n) is 36.2. The fraction of sp³-hybridized carbons (Fsp3) is 0.718. The number of phosphoric acid groups is 1. The molecule has 0 aromatic heterocycles. The molecule has 9 nitrogen and oxygen atoms in total. The standard InChI is InChI=1S/C78H136NO8P/c1-6-8-10-12-14-16-18-20-22-24-26-28-30-31-32-33-34-35-36-37-38-39-40-41-42-43-44-45-46-47-49-51-53-55-57-59-61-63-65-67-69-71-78(81)87-76(75-86-88(82,83)85-73-72-79(3,4)5)74-84-77(80)70-68-66-64-62-60-58-56-54-52-50-48-29-27-25-23-21-19-17-15-13-11-9-7-2/h8,10,14,16,20,22,25-28,31-32,34-35,37-38,40-41,43-44,76H,6-7,9,11-13,15,17-19,21,23-24,29-30,33,36,39,42,45-75H2,1-5H3/b10-8-,16-14-,22-20-,27-25-,28-26-,32-31-,35-34-,38-37-,41-40-,44-43-. The van der Waals surface area contributed by atoms with Gasteiger partial charge < -0.3 is 27.9 Å². The van der Waals surface area contributed by atoms with Crippen molar-refractivity contribution in [3.63, 3.8) is 0 Å². The number of quaternary nitrogens is 1. The van der Waals surface area contributed by atoms with E-state index in [0.717, 1.165) is 96.3 Å². The minimum absolute atomic E-state index is 0.0343. The predicted molar refractivity (Wildman–Crippen MR) is 378 cm³/mol. The van der Waals surface area contributed by atoms with Gasteiger partial charge in [-0.1, -0.05) is 309 Å². The van der Waals surface area contributed by atoms with E-state index in [2.05, 4.69) is 135 Å². The van der Waals surface area contributed by atoms with E-state index in [1.807, 2.05) is 21.1 Å². The van der Waals surface area contributed by atoms with Crippen LogP contribution in [0.2, 0.25) is 0 Å². The second-order valence-corrected chi connectivity index (χ2v) is 26.6. The number of allylic oxidation sites excluding steroid dienone is 20. The van der Waals surface area contributed by atoms with E-state index in [0.29, 0.717) is 17.4 Å². The quantitative estimate of drug-likeness (QED) is 0.0195. The normalized spacial score (nSPS) is 13.8. The molecule has 88 heavy (non-hydrogen) atoms. The van der Waals surface area contributed by atoms with Crippen LogP contribution in [-0.2, 0) is 32.7 Å². The van der Waals surface area contributed by atoms with Gasteiger partial charge in [0.15, 0.2) is 6.10 Å². The van der Waals surface area contributed by atoms with Gasteiger partial charge >= 0.3 is 11.9 Å². The lowest BCUT2D eigenvalue weighted by atomic mass is 10.0. The summed E-state index contributed by atoms with van der Waals surface area (Å²) < 4.78 is 34.3. The molecule has 0 aliphatic rings. The van der Waals surface area contributed by atoms with Crippen LogP contribution in [0, 0.1) is 0 Å². The molecule has 0 rings (SSSR count). The average Bonchev–Trinajstić information content (AvgIpc) is 3.58. The van der Waals surface area contributed by atoms with E-state index < -0.39 is 26.5 Å². The highest BCUT2D eigenvalue weighted by Gasteiger charge is 2.22. The van der Waals surface area contributed by atoms with E-state index in [1.54, 1.807) is 0 Å². The zero-order valence-corrected chi connectivity index (χ0v) is 58.5. The van der Waals surface area contributed by atoms with Crippen LogP contribution in [0.15, 0.2) is 122 Å². The maximum Gasteiger partial charge on any atom is 0.306 e. The lowest BCUT2D eigenvalue weighted by Crippen LogP contribution is -2.37. The molecule has 0 aromatic carbocycles. The third-order valence-electron chi connectivity index (χ3n) is 15.5. The van der Waals surface area contributed by atoms with Crippen LogP contribution < -0.4 is 4.89 Å². The summed E-state index contributed by atoms with van der Waals surface area (Å²) in [5, 5.41) is 0. The number of esters is 2. The van der Waals surface area contributed by atoms with Gasteiger partial charge in [0, 0.05) is 12.8 Å². The summed E-state index contributed by atoms with van der Waals surface area (Å²) in [6, 6.07) is 0. The molecule has 0 saturated heterocycles. The summed E-state index contributed by atoms with van der Waals surface area (Å²) in [4.78, 5) is 38.1. The molecule has 0 radical (unpaired) electrons. The van der Waals surface area contributed by atoms with Crippen molar-refractivity contribution < 1.29 is 42.1 Å². The van der Waals surface area contributed by atoms with Crippen LogP contribution in [0.4, 0.5) is 0 Å². The zero-order chi connectivity index (χ0) is 64.1. The van der Waals surface area contributed by atoms with E-state index in [4.69, 9.17) is 18.5 Å². The molecule has 2 unspecified atom stereocenters. The number of ether oxygens (including phenoxy) is 2. The van der Waals surface area contributed by atoms with Crippen molar-refractivity contribution in [3.05, 3.63) is 122 Å². The Labute approximate surface area is 543 Å². The van der Waals surface area contributed by atoms with Crippen molar-refractivity contribution in [3.8, 4) is 0 Å². The first-order valence-corrected chi connectivity index (χ1v) is 37.7. The van der Waals surface area contributed by atoms with Gasteiger partial charge in [-0.3, -0.25) is 14.2 Å². The van der Waals surface area contributed by atoms with Gasteiger partial charge in [0.2, 0.25) is 0 Å². The maximum absolute atomic E-state index is 12.9. The Kier molecular flexibility index (Phi) is 65.0. The number of hydrogen-bond donors (Lipinski definition) is 0. The number of phosphoric ester groups is 1. The van der Waals surface area contributed by atoms with Gasteiger partial charge in [-0.05, 0) is 109 Å². The molecule has 0 heterocycles. The van der Waals surface area contributed by atoms with E-state index in [1.165, 1.54) is 180 Å². The third kappa shape index (κ3) is 71.5. The number of carbonyl (C=O) groups excluding carboxylic acids is 2. The van der Waals surface area contributed by atoms with Crippen LogP contribution in [-0.4, -0.2) is 70.0 Å². The van der Waals surface area contributed by atoms with Crippen molar-refractivity contribution in [1.29, 1.82) is 0 Å². The van der Waals surface area contributed by atoms with Crippen molar-refractivity contribution >= 4 is 19.8 Å². The van der Waals surface area contributed by atoms with Crippen molar-refractivity contribution in [1.82, 2.24) is 0 Å². The molecule has 0 aliphatic heterocycles. The van der Waals surface area contributed by atoms with Crippen LogP contribution in [0.5, 0.6) is 0 Å². The molecule has 0 N–H and O–H groups in total. The molecule has 0 bridgehead atoms. The number of hydrogen-bond acceptors (Lipinski definition) is 8. The molecule has 10 heteroatoms. The van der Waals surface area contributed by atoms with Crippen LogP contribution in [0.25, 0.3) is 0 Å². The summed E-state index contributed by atoms with van der Waals surface area (Å²) >= 11 is 0. The minimum atomic E-state index is -4.65. The second-order valence-electron chi connectivity index (χ2n) is 25.2. The first kappa shape index (κ1) is 84.4. The Balaban J connectivity index is 4.04. The molecular formula is C78H136NO8P. The fourth-order valence-electron chi connectivity index (χ4n) is 9.94. The van der Waals surface area contributed by atoms with Gasteiger partial charge in [-0.15, -0.1) is 0 Å². The summed E-state index contributed by atoms with van der Waals surface area (Å²) in [5.74, 6) is -0.830.